The van der Waals surface area contributed by atoms with Crippen LogP contribution in [0.25, 0.3) is 11.4 Å². The Morgan fingerprint density at radius 2 is 1.94 bits per heavy atom. The Hall–Kier alpha value is -1.71. The van der Waals surface area contributed by atoms with Gasteiger partial charge in [-0.25, -0.2) is 0 Å². The van der Waals surface area contributed by atoms with E-state index in [0.717, 1.165) is 12.0 Å². The van der Waals surface area contributed by atoms with Crippen LogP contribution in [0.1, 0.15) is 26.3 Å². The van der Waals surface area contributed by atoms with E-state index in [1.165, 1.54) is 5.56 Å². The van der Waals surface area contributed by atoms with Crippen LogP contribution in [0, 0.1) is 5.41 Å². The van der Waals surface area contributed by atoms with Crippen LogP contribution in [0.4, 0.5) is 0 Å². The lowest BCUT2D eigenvalue weighted by Crippen LogP contribution is -2.10. The fourth-order valence-electron chi connectivity index (χ4n) is 1.74. The predicted molar refractivity (Wildman–Crippen MR) is 62.8 cm³/mol. The lowest BCUT2D eigenvalue weighted by atomic mass is 9.86. The molecular formula is C12H16N4. The van der Waals surface area contributed by atoms with Crippen molar-refractivity contribution in [2.75, 3.05) is 0 Å². The number of nitrogens with zero attached hydrogens (tertiary/aromatic N) is 3. The van der Waals surface area contributed by atoms with E-state index in [-0.39, 0.29) is 5.41 Å². The first-order chi connectivity index (χ1) is 7.56. The van der Waals surface area contributed by atoms with Crippen LogP contribution >= 0.6 is 0 Å². The second-order valence-electron chi connectivity index (χ2n) is 5.13. The lowest BCUT2D eigenvalue weighted by Gasteiger charge is -2.19. The van der Waals surface area contributed by atoms with Crippen LogP contribution in [0.5, 0.6) is 0 Å². The second kappa shape index (κ2) is 4.04. The number of hydrogen-bond donors (Lipinski definition) is 1. The number of rotatable bonds is 2. The van der Waals surface area contributed by atoms with Crippen molar-refractivity contribution >= 4 is 0 Å². The monoisotopic (exact) mass is 216 g/mol. The number of H-pyrrole nitrogens is 1. The fourth-order valence-corrected chi connectivity index (χ4v) is 1.74. The Kier molecular flexibility index (Phi) is 2.73. The summed E-state index contributed by atoms with van der Waals surface area (Å²) in [5.41, 5.74) is 2.57. The van der Waals surface area contributed by atoms with Gasteiger partial charge in [0.2, 0.25) is 5.82 Å². The summed E-state index contributed by atoms with van der Waals surface area (Å²) in [6.45, 7) is 6.67. The molecule has 84 valence electrons. The Labute approximate surface area is 95.1 Å². The molecule has 2 rings (SSSR count). The molecule has 1 aromatic carbocycles. The van der Waals surface area contributed by atoms with Gasteiger partial charge in [-0.2, -0.15) is 5.21 Å². The second-order valence-corrected chi connectivity index (χ2v) is 5.13. The smallest absolute Gasteiger partial charge is 0.177 e. The largest absolute Gasteiger partial charge is 0.204 e. The highest BCUT2D eigenvalue weighted by Crippen LogP contribution is 2.26. The van der Waals surface area contributed by atoms with Gasteiger partial charge in [0, 0.05) is 5.56 Å². The topological polar surface area (TPSA) is 54.5 Å². The number of aromatic amines is 1. The van der Waals surface area contributed by atoms with E-state index in [1.54, 1.807) is 0 Å². The number of aromatic nitrogens is 4. The average molecular weight is 216 g/mol. The van der Waals surface area contributed by atoms with Gasteiger partial charge < -0.3 is 0 Å². The Bertz CT molecular complexity index is 454. The third-order valence-electron chi connectivity index (χ3n) is 2.32. The van der Waals surface area contributed by atoms with E-state index in [1.807, 2.05) is 18.2 Å². The molecule has 0 atom stereocenters. The summed E-state index contributed by atoms with van der Waals surface area (Å²) < 4.78 is 0. The summed E-state index contributed by atoms with van der Waals surface area (Å²) in [6.07, 6.45) is 0.998. The van der Waals surface area contributed by atoms with Gasteiger partial charge in [0.15, 0.2) is 0 Å². The molecule has 4 nitrogen and oxygen atoms in total. The van der Waals surface area contributed by atoms with E-state index in [2.05, 4.69) is 47.5 Å². The van der Waals surface area contributed by atoms with Crippen LogP contribution in [0.3, 0.4) is 0 Å². The third kappa shape index (κ3) is 2.45. The molecule has 0 fully saturated rings. The van der Waals surface area contributed by atoms with Crippen LogP contribution in [-0.4, -0.2) is 20.6 Å². The molecule has 4 heteroatoms. The average Bonchev–Trinajstić information content (AvgIpc) is 2.69. The minimum Gasteiger partial charge on any atom is -0.177 e. The molecule has 2 aromatic rings. The van der Waals surface area contributed by atoms with E-state index in [0.29, 0.717) is 5.82 Å². The van der Waals surface area contributed by atoms with Gasteiger partial charge in [-0.05, 0) is 22.6 Å². The zero-order chi connectivity index (χ0) is 11.6. The highest BCUT2D eigenvalue weighted by atomic mass is 15.5. The summed E-state index contributed by atoms with van der Waals surface area (Å²) in [5, 5.41) is 14.1. The van der Waals surface area contributed by atoms with Gasteiger partial charge in [-0.1, -0.05) is 45.0 Å². The minimum atomic E-state index is 0.250. The van der Waals surface area contributed by atoms with Crippen LogP contribution in [0.15, 0.2) is 24.3 Å². The highest BCUT2D eigenvalue weighted by molar-refractivity contribution is 5.59. The molecule has 1 heterocycles. The maximum Gasteiger partial charge on any atom is 0.204 e. The van der Waals surface area contributed by atoms with Crippen molar-refractivity contribution in [3.8, 4) is 11.4 Å². The molecular weight excluding hydrogens is 200 g/mol. The molecule has 0 aliphatic carbocycles. The highest BCUT2D eigenvalue weighted by Gasteiger charge is 2.15. The van der Waals surface area contributed by atoms with Gasteiger partial charge in [-0.3, -0.25) is 0 Å². The fraction of sp³-hybridized carbons (Fsp3) is 0.417. The molecule has 16 heavy (non-hydrogen) atoms. The van der Waals surface area contributed by atoms with Crippen LogP contribution in [0.2, 0.25) is 0 Å². The molecule has 1 N–H and O–H groups in total. The molecule has 0 aliphatic heterocycles. The first-order valence-corrected chi connectivity index (χ1v) is 5.38. The zero-order valence-corrected chi connectivity index (χ0v) is 9.86. The number of nitrogens with one attached hydrogen (secondary N) is 1. The van der Waals surface area contributed by atoms with Gasteiger partial charge in [0.1, 0.15) is 0 Å². The first kappa shape index (κ1) is 10.8. The molecule has 1 aromatic heterocycles. The summed E-state index contributed by atoms with van der Waals surface area (Å²) in [6, 6.07) is 8.20. The molecule has 0 spiro atoms. The Morgan fingerprint density at radius 1 is 1.19 bits per heavy atom. The molecule has 0 saturated heterocycles. The van der Waals surface area contributed by atoms with Gasteiger partial charge >= 0.3 is 0 Å². The molecule has 0 unspecified atom stereocenters. The van der Waals surface area contributed by atoms with E-state index < -0.39 is 0 Å². The van der Waals surface area contributed by atoms with Gasteiger partial charge in [0.05, 0.1) is 0 Å². The third-order valence-corrected chi connectivity index (χ3v) is 2.32. The van der Waals surface area contributed by atoms with Crippen molar-refractivity contribution in [2.24, 2.45) is 5.41 Å². The molecule has 0 amide bonds. The lowest BCUT2D eigenvalue weighted by molar-refractivity contribution is 0.411. The van der Waals surface area contributed by atoms with Crippen molar-refractivity contribution in [1.82, 2.24) is 20.6 Å². The van der Waals surface area contributed by atoms with E-state index in [9.17, 15) is 0 Å². The Morgan fingerprint density at radius 3 is 2.56 bits per heavy atom. The molecule has 0 radical (unpaired) electrons. The van der Waals surface area contributed by atoms with Crippen molar-refractivity contribution in [2.45, 2.75) is 27.2 Å². The predicted octanol–water partition coefficient (Wildman–Crippen LogP) is 2.46. The van der Waals surface area contributed by atoms with E-state index in [4.69, 9.17) is 0 Å². The maximum atomic E-state index is 4.03. The summed E-state index contributed by atoms with van der Waals surface area (Å²) in [4.78, 5) is 0. The summed E-state index contributed by atoms with van der Waals surface area (Å²) >= 11 is 0. The number of hydrogen-bond acceptors (Lipinski definition) is 3. The first-order valence-electron chi connectivity index (χ1n) is 5.38. The summed E-state index contributed by atoms with van der Waals surface area (Å²) in [7, 11) is 0. The zero-order valence-electron chi connectivity index (χ0n) is 9.86. The van der Waals surface area contributed by atoms with Crippen molar-refractivity contribution < 1.29 is 0 Å². The molecule has 0 bridgehead atoms. The van der Waals surface area contributed by atoms with Crippen LogP contribution in [-0.2, 0) is 6.42 Å². The minimum absolute atomic E-state index is 0.250. The van der Waals surface area contributed by atoms with Crippen molar-refractivity contribution in [1.29, 1.82) is 0 Å². The van der Waals surface area contributed by atoms with Gasteiger partial charge in [-0.15, -0.1) is 10.2 Å². The van der Waals surface area contributed by atoms with Gasteiger partial charge in [0.25, 0.3) is 0 Å². The van der Waals surface area contributed by atoms with Crippen LogP contribution < -0.4 is 0 Å². The van der Waals surface area contributed by atoms with Crippen molar-refractivity contribution in [3.05, 3.63) is 29.8 Å². The number of benzene rings is 1. The van der Waals surface area contributed by atoms with Crippen molar-refractivity contribution in [3.63, 3.8) is 0 Å². The van der Waals surface area contributed by atoms with E-state index >= 15 is 0 Å². The SMILES string of the molecule is CC(C)(C)Cc1ccccc1-c1nn[nH]n1. The molecule has 0 aliphatic rings. The Balaban J connectivity index is 2.39. The standard InChI is InChI=1S/C12H16N4/c1-12(2,3)8-9-6-4-5-7-10(9)11-13-15-16-14-11/h4-7H,8H2,1-3H3,(H,13,14,15,16). The molecule has 0 saturated carbocycles. The summed E-state index contributed by atoms with van der Waals surface area (Å²) in [5.74, 6) is 0.667. The maximum absolute atomic E-state index is 4.03. The normalized spacial score (nSPS) is 11.7. The quantitative estimate of drug-likeness (QED) is 0.839. The number of tetrazole rings is 1.